The molecule has 1 fully saturated rings. The lowest BCUT2D eigenvalue weighted by atomic mass is 10.1. The van der Waals surface area contributed by atoms with Gasteiger partial charge in [0.25, 0.3) is 0 Å². The average Bonchev–Trinajstić information content (AvgIpc) is 3.22. The number of carbonyl (C=O) groups is 1. The van der Waals surface area contributed by atoms with E-state index in [4.69, 9.17) is 0 Å². The van der Waals surface area contributed by atoms with Crippen molar-refractivity contribution in [1.82, 2.24) is 0 Å². The van der Waals surface area contributed by atoms with Gasteiger partial charge in [-0.3, -0.25) is 4.79 Å². The number of nitrogens with one attached hydrogen (secondary N) is 1. The van der Waals surface area contributed by atoms with Gasteiger partial charge < -0.3 is 5.32 Å². The molecule has 3 rings (SSSR count). The van der Waals surface area contributed by atoms with Crippen molar-refractivity contribution in [2.75, 3.05) is 5.32 Å². The van der Waals surface area contributed by atoms with Gasteiger partial charge in [0.1, 0.15) is 0 Å². The molecule has 1 unspecified atom stereocenters. The van der Waals surface area contributed by atoms with Gasteiger partial charge >= 0.3 is 0 Å². The van der Waals surface area contributed by atoms with E-state index in [0.717, 1.165) is 49.8 Å². The molecule has 2 nitrogen and oxygen atoms in total. The lowest BCUT2D eigenvalue weighted by Crippen LogP contribution is -2.16. The molecule has 2 heteroatoms. The number of benzene rings is 1. The second kappa shape index (κ2) is 7.83. The summed E-state index contributed by atoms with van der Waals surface area (Å²) < 4.78 is 0. The lowest BCUT2D eigenvalue weighted by Gasteiger charge is -2.09. The smallest absolute Gasteiger partial charge is 0.228 e. The van der Waals surface area contributed by atoms with Gasteiger partial charge in [-0.2, -0.15) is 0 Å². The molecule has 0 aliphatic heterocycles. The Morgan fingerprint density at radius 2 is 1.50 bits per heavy atom. The maximum Gasteiger partial charge on any atom is 0.228 e. The second-order valence-corrected chi connectivity index (χ2v) is 7.34. The first-order chi connectivity index (χ1) is 11.7. The summed E-state index contributed by atoms with van der Waals surface area (Å²) in [6.07, 6.45) is 16.0. The summed E-state index contributed by atoms with van der Waals surface area (Å²) in [5, 5.41) is 3.18. The van der Waals surface area contributed by atoms with E-state index in [2.05, 4.69) is 55.6 Å². The van der Waals surface area contributed by atoms with E-state index in [9.17, 15) is 4.79 Å². The normalized spacial score (nSPS) is 29.5. The number of fused-ring (bicyclic) bond motifs is 1. The van der Waals surface area contributed by atoms with Crippen LogP contribution in [-0.4, -0.2) is 5.91 Å². The van der Waals surface area contributed by atoms with Crippen molar-refractivity contribution in [3.05, 3.63) is 53.6 Å². The van der Waals surface area contributed by atoms with Crippen LogP contribution in [0.2, 0.25) is 0 Å². The fraction of sp³-hybridized carbons (Fsp3) is 0.500. The van der Waals surface area contributed by atoms with Crippen LogP contribution < -0.4 is 5.32 Å². The van der Waals surface area contributed by atoms with Gasteiger partial charge in [-0.1, -0.05) is 42.0 Å². The van der Waals surface area contributed by atoms with E-state index >= 15 is 0 Å². The monoisotopic (exact) mass is 323 g/mol. The number of rotatable bonds is 2. The summed E-state index contributed by atoms with van der Waals surface area (Å²) in [5.41, 5.74) is 3.35. The number of amides is 1. The third kappa shape index (κ3) is 4.17. The van der Waals surface area contributed by atoms with Crippen molar-refractivity contribution < 1.29 is 4.79 Å². The Labute approximate surface area is 146 Å². The van der Waals surface area contributed by atoms with Crippen LogP contribution in [0.5, 0.6) is 0 Å². The number of aryl methyl sites for hydroxylation is 2. The molecular weight excluding hydrogens is 294 g/mol. The number of anilines is 1. The molecular formula is C22H29NO. The zero-order chi connectivity index (χ0) is 16.9. The molecule has 0 saturated heterocycles. The van der Waals surface area contributed by atoms with Gasteiger partial charge in [0.05, 0.1) is 0 Å². The van der Waals surface area contributed by atoms with Gasteiger partial charge in [0.15, 0.2) is 0 Å². The minimum absolute atomic E-state index is 0.202. The predicted molar refractivity (Wildman–Crippen MR) is 101 cm³/mol. The molecule has 1 amide bonds. The minimum atomic E-state index is 0.202. The van der Waals surface area contributed by atoms with Crippen LogP contribution in [0.1, 0.15) is 49.7 Å². The summed E-state index contributed by atoms with van der Waals surface area (Å²) in [6.45, 7) is 4.15. The average molecular weight is 323 g/mol. The fourth-order valence-electron chi connectivity index (χ4n) is 4.03. The molecule has 0 aromatic heterocycles. The topological polar surface area (TPSA) is 29.1 Å². The van der Waals surface area contributed by atoms with Crippen LogP contribution in [0.3, 0.4) is 0 Å². The molecule has 1 aromatic carbocycles. The standard InChI is InChI=1S/C22H29NO/c1-16-13-14-20(17(2)15-16)23-22(24)21-18-11-9-7-5-3-4-6-8-10-12-19(18)21/h5-8,13-15,18-19,21H,3-4,9-12H2,1-2H3,(H,23,24)/b7-5-,8-6+/t18-,19-,21?/m1/s1. The van der Waals surface area contributed by atoms with E-state index in [1.165, 1.54) is 5.56 Å². The Balaban J connectivity index is 1.64. The molecule has 0 bridgehead atoms. The molecule has 128 valence electrons. The molecule has 1 aromatic rings. The Morgan fingerprint density at radius 1 is 0.917 bits per heavy atom. The van der Waals surface area contributed by atoms with Gasteiger partial charge in [0.2, 0.25) is 5.91 Å². The number of hydrogen-bond donors (Lipinski definition) is 1. The third-order valence-corrected chi connectivity index (χ3v) is 5.44. The molecule has 1 saturated carbocycles. The van der Waals surface area contributed by atoms with Crippen molar-refractivity contribution >= 4 is 11.6 Å². The quantitative estimate of drug-likeness (QED) is 0.708. The van der Waals surface area contributed by atoms with Gasteiger partial charge in [-0.25, -0.2) is 0 Å². The zero-order valence-corrected chi connectivity index (χ0v) is 14.9. The van der Waals surface area contributed by atoms with E-state index in [1.54, 1.807) is 0 Å². The Hall–Kier alpha value is -1.83. The van der Waals surface area contributed by atoms with Crippen molar-refractivity contribution in [2.45, 2.75) is 52.4 Å². The molecule has 0 radical (unpaired) electrons. The summed E-state index contributed by atoms with van der Waals surface area (Å²) in [5.74, 6) is 1.55. The second-order valence-electron chi connectivity index (χ2n) is 7.34. The van der Waals surface area contributed by atoms with Gasteiger partial charge in [0, 0.05) is 11.6 Å². The van der Waals surface area contributed by atoms with Crippen LogP contribution in [0, 0.1) is 31.6 Å². The maximum absolute atomic E-state index is 12.8. The Bertz CT molecular complexity index is 619. The zero-order valence-electron chi connectivity index (χ0n) is 14.9. The predicted octanol–water partition coefficient (Wildman–Crippen LogP) is 5.57. The number of allylic oxidation sites excluding steroid dienone is 4. The van der Waals surface area contributed by atoms with Crippen LogP contribution in [0.4, 0.5) is 5.69 Å². The van der Waals surface area contributed by atoms with Crippen molar-refractivity contribution in [1.29, 1.82) is 0 Å². The maximum atomic E-state index is 12.8. The molecule has 0 heterocycles. The molecule has 1 N–H and O–H groups in total. The van der Waals surface area contributed by atoms with E-state index in [1.807, 2.05) is 6.07 Å². The fourth-order valence-corrected chi connectivity index (χ4v) is 4.03. The first-order valence-electron chi connectivity index (χ1n) is 9.35. The van der Waals surface area contributed by atoms with Crippen LogP contribution in [0.25, 0.3) is 0 Å². The third-order valence-electron chi connectivity index (χ3n) is 5.44. The molecule has 0 spiro atoms. The first-order valence-corrected chi connectivity index (χ1v) is 9.35. The number of hydrogen-bond acceptors (Lipinski definition) is 1. The first kappa shape index (κ1) is 17.0. The van der Waals surface area contributed by atoms with Crippen LogP contribution in [-0.2, 0) is 4.79 Å². The summed E-state index contributed by atoms with van der Waals surface area (Å²) in [4.78, 5) is 12.8. The van der Waals surface area contributed by atoms with Gasteiger partial charge in [-0.05, 0) is 75.8 Å². The highest BCUT2D eigenvalue weighted by molar-refractivity contribution is 5.95. The van der Waals surface area contributed by atoms with E-state index < -0.39 is 0 Å². The molecule has 3 atom stereocenters. The highest BCUT2D eigenvalue weighted by Gasteiger charge is 2.52. The van der Waals surface area contributed by atoms with Gasteiger partial charge in [-0.15, -0.1) is 0 Å². The number of carbonyl (C=O) groups excluding carboxylic acids is 1. The Kier molecular flexibility index (Phi) is 5.55. The highest BCUT2D eigenvalue weighted by Crippen LogP contribution is 2.52. The summed E-state index contributed by atoms with van der Waals surface area (Å²) in [7, 11) is 0. The van der Waals surface area contributed by atoms with Crippen molar-refractivity contribution in [3.8, 4) is 0 Å². The Morgan fingerprint density at radius 3 is 2.08 bits per heavy atom. The molecule has 2 aliphatic rings. The highest BCUT2D eigenvalue weighted by atomic mass is 16.2. The van der Waals surface area contributed by atoms with Crippen LogP contribution in [0.15, 0.2) is 42.5 Å². The summed E-state index contributed by atoms with van der Waals surface area (Å²) >= 11 is 0. The van der Waals surface area contributed by atoms with E-state index in [-0.39, 0.29) is 11.8 Å². The van der Waals surface area contributed by atoms with Crippen molar-refractivity contribution in [2.24, 2.45) is 17.8 Å². The lowest BCUT2D eigenvalue weighted by molar-refractivity contribution is -0.117. The summed E-state index contributed by atoms with van der Waals surface area (Å²) in [6, 6.07) is 6.22. The molecule has 2 aliphatic carbocycles. The minimum Gasteiger partial charge on any atom is -0.326 e. The largest absolute Gasteiger partial charge is 0.326 e. The SMILES string of the molecule is Cc1ccc(NC(=O)C2[C@@H]3CC/C=C\CC/C=C/CC[C@@H]23)c(C)c1. The van der Waals surface area contributed by atoms with E-state index in [0.29, 0.717) is 11.8 Å². The molecule has 24 heavy (non-hydrogen) atoms. The van der Waals surface area contributed by atoms with Crippen molar-refractivity contribution in [3.63, 3.8) is 0 Å². The van der Waals surface area contributed by atoms with Crippen LogP contribution >= 0.6 is 0 Å².